The third-order valence-electron chi connectivity index (χ3n) is 5.22. The molecule has 2 N–H and O–H groups in total. The van der Waals surface area contributed by atoms with Crippen LogP contribution in [-0.2, 0) is 4.79 Å². The van der Waals surface area contributed by atoms with E-state index in [0.717, 1.165) is 0 Å². The van der Waals surface area contributed by atoms with Crippen molar-refractivity contribution in [3.63, 3.8) is 0 Å². The van der Waals surface area contributed by atoms with E-state index >= 15 is 0 Å². The molecule has 1 aliphatic carbocycles. The van der Waals surface area contributed by atoms with E-state index in [2.05, 4.69) is 10.6 Å². The van der Waals surface area contributed by atoms with Gasteiger partial charge in [0.1, 0.15) is 10.2 Å². The number of alkyl halides is 2. The van der Waals surface area contributed by atoms with Crippen LogP contribution in [0.1, 0.15) is 21.8 Å². The Morgan fingerprint density at radius 3 is 2.09 bits per heavy atom. The summed E-state index contributed by atoms with van der Waals surface area (Å²) in [6.45, 7) is 0. The lowest BCUT2D eigenvalue weighted by Crippen LogP contribution is -2.18. The second kappa shape index (κ2) is 9.32. The monoisotopic (exact) mass is 544 g/mol. The molecule has 0 aromatic heterocycles. The van der Waals surface area contributed by atoms with E-state index in [4.69, 9.17) is 58.0 Å². The second-order valence-corrected chi connectivity index (χ2v) is 10.1. The minimum atomic E-state index is -1.32. The van der Waals surface area contributed by atoms with E-state index in [9.17, 15) is 14.0 Å². The first kappa shape index (κ1) is 24.1. The molecule has 0 radical (unpaired) electrons. The van der Waals surface area contributed by atoms with Gasteiger partial charge >= 0.3 is 0 Å². The first-order valence-corrected chi connectivity index (χ1v) is 11.5. The molecule has 1 saturated carbocycles. The highest BCUT2D eigenvalue weighted by atomic mass is 35.5. The molecule has 10 heteroatoms. The Bertz CT molecular complexity index is 1250. The van der Waals surface area contributed by atoms with Gasteiger partial charge in [0.25, 0.3) is 5.91 Å². The zero-order valence-electron chi connectivity index (χ0n) is 16.5. The number of nitrogens with one attached hydrogen (secondary N) is 2. The molecular weight excluding hydrogens is 533 g/mol. The summed E-state index contributed by atoms with van der Waals surface area (Å²) >= 11 is 31.0. The van der Waals surface area contributed by atoms with Crippen molar-refractivity contribution >= 4 is 81.2 Å². The summed E-state index contributed by atoms with van der Waals surface area (Å²) in [5, 5.41) is 6.24. The van der Waals surface area contributed by atoms with Crippen molar-refractivity contribution in [3.8, 4) is 0 Å². The number of hydrogen-bond donors (Lipinski definition) is 2. The van der Waals surface area contributed by atoms with Crippen molar-refractivity contribution in [2.24, 2.45) is 5.92 Å². The molecule has 2 amide bonds. The van der Waals surface area contributed by atoms with Crippen LogP contribution in [0.3, 0.4) is 0 Å². The summed E-state index contributed by atoms with van der Waals surface area (Å²) in [4.78, 5) is 25.5. The fraction of sp³-hybridized carbons (Fsp3) is 0.130. The summed E-state index contributed by atoms with van der Waals surface area (Å²) in [6.07, 6.45) is 0. The maximum absolute atomic E-state index is 13.1. The Morgan fingerprint density at radius 2 is 1.42 bits per heavy atom. The van der Waals surface area contributed by atoms with Gasteiger partial charge in [0, 0.05) is 17.3 Å². The quantitative estimate of drug-likeness (QED) is 0.325. The van der Waals surface area contributed by atoms with Crippen molar-refractivity contribution in [2.45, 2.75) is 10.3 Å². The Morgan fingerprint density at radius 1 is 0.788 bits per heavy atom. The van der Waals surface area contributed by atoms with E-state index < -0.39 is 33.8 Å². The molecule has 3 aromatic rings. The maximum atomic E-state index is 13.1. The Hall–Kier alpha value is -2.02. The smallest absolute Gasteiger partial charge is 0.257 e. The van der Waals surface area contributed by atoms with Gasteiger partial charge in [-0.15, -0.1) is 23.2 Å². The van der Waals surface area contributed by atoms with Crippen molar-refractivity contribution in [1.82, 2.24) is 0 Å². The van der Waals surface area contributed by atoms with E-state index in [1.165, 1.54) is 36.4 Å². The number of halogens is 6. The second-order valence-electron chi connectivity index (χ2n) is 7.45. The van der Waals surface area contributed by atoms with Crippen molar-refractivity contribution in [3.05, 3.63) is 92.7 Å². The number of benzene rings is 3. The average Bonchev–Trinajstić information content (AvgIpc) is 3.35. The molecule has 0 spiro atoms. The van der Waals surface area contributed by atoms with Gasteiger partial charge in [0.15, 0.2) is 0 Å². The van der Waals surface area contributed by atoms with Crippen molar-refractivity contribution < 1.29 is 14.0 Å². The van der Waals surface area contributed by atoms with Gasteiger partial charge in [-0.25, -0.2) is 4.39 Å². The van der Waals surface area contributed by atoms with E-state index in [1.54, 1.807) is 24.3 Å². The van der Waals surface area contributed by atoms with Gasteiger partial charge in [0.05, 0.1) is 26.5 Å². The summed E-state index contributed by atoms with van der Waals surface area (Å²) in [6, 6.07) is 14.7. The highest BCUT2D eigenvalue weighted by Gasteiger charge is 2.67. The lowest BCUT2D eigenvalue weighted by Gasteiger charge is -2.10. The van der Waals surface area contributed by atoms with Crippen LogP contribution in [0.2, 0.25) is 15.1 Å². The van der Waals surface area contributed by atoms with Crippen molar-refractivity contribution in [2.75, 3.05) is 10.6 Å². The first-order chi connectivity index (χ1) is 15.6. The highest BCUT2D eigenvalue weighted by Crippen LogP contribution is 2.65. The summed E-state index contributed by atoms with van der Waals surface area (Å²) in [7, 11) is 0. The first-order valence-electron chi connectivity index (χ1n) is 9.58. The van der Waals surface area contributed by atoms with Gasteiger partial charge < -0.3 is 10.6 Å². The molecule has 1 fully saturated rings. The van der Waals surface area contributed by atoms with Gasteiger partial charge in [-0.05, 0) is 60.2 Å². The number of carbonyl (C=O) groups excluding carboxylic acids is 2. The van der Waals surface area contributed by atoms with E-state index in [0.29, 0.717) is 27.0 Å². The molecule has 0 saturated heterocycles. The molecule has 0 heterocycles. The Kier molecular flexibility index (Phi) is 6.81. The molecule has 0 unspecified atom stereocenters. The topological polar surface area (TPSA) is 58.2 Å². The zero-order valence-corrected chi connectivity index (χ0v) is 20.3. The normalized spacial score (nSPS) is 18.5. The van der Waals surface area contributed by atoms with Crippen molar-refractivity contribution in [1.29, 1.82) is 0 Å². The fourth-order valence-electron chi connectivity index (χ4n) is 3.50. The minimum absolute atomic E-state index is 0.124. The Balaban J connectivity index is 1.50. The third-order valence-corrected chi connectivity index (χ3v) is 7.23. The van der Waals surface area contributed by atoms with Crippen LogP contribution >= 0.6 is 58.0 Å². The van der Waals surface area contributed by atoms with Gasteiger partial charge in [-0.1, -0.05) is 40.9 Å². The Labute approximate surface area is 213 Å². The van der Waals surface area contributed by atoms with Crippen LogP contribution < -0.4 is 10.6 Å². The zero-order chi connectivity index (χ0) is 23.9. The van der Waals surface area contributed by atoms with E-state index in [-0.39, 0.29) is 10.6 Å². The molecular formula is C23H14Cl5FN2O2. The van der Waals surface area contributed by atoms with Crippen LogP contribution in [-0.4, -0.2) is 16.1 Å². The van der Waals surface area contributed by atoms with Gasteiger partial charge in [-0.2, -0.15) is 0 Å². The molecule has 33 heavy (non-hydrogen) atoms. The summed E-state index contributed by atoms with van der Waals surface area (Å²) < 4.78 is 11.8. The van der Waals surface area contributed by atoms with Gasteiger partial charge in [-0.3, -0.25) is 9.59 Å². The number of hydrogen-bond acceptors (Lipinski definition) is 2. The van der Waals surface area contributed by atoms with Crippen LogP contribution in [0.4, 0.5) is 15.8 Å². The highest BCUT2D eigenvalue weighted by molar-refractivity contribution is 6.53. The molecule has 170 valence electrons. The third kappa shape index (κ3) is 5.08. The molecule has 2 atom stereocenters. The van der Waals surface area contributed by atoms with Gasteiger partial charge in [0.2, 0.25) is 5.91 Å². The lowest BCUT2D eigenvalue weighted by atomic mass is 10.1. The molecule has 1 aliphatic rings. The van der Waals surface area contributed by atoms with Crippen LogP contribution in [0.5, 0.6) is 0 Å². The molecule has 0 aliphatic heterocycles. The summed E-state index contributed by atoms with van der Waals surface area (Å²) in [5.41, 5.74) is 1.53. The predicted molar refractivity (Wildman–Crippen MR) is 132 cm³/mol. The standard InChI is InChI=1S/C23H14Cl5FN2O2/c24-16-8-6-14(10-15(16)21(32)30-13-4-2-12(29)3-5-13)31-22(33)20-19(23(20,27)28)11-1-7-17(25)18(26)9-11/h1-10,19-20H,(H,30,32)(H,31,33)/t19-,20-/m1/s1. The molecule has 4 nitrogen and oxygen atoms in total. The molecule has 3 aromatic carbocycles. The average molecular weight is 547 g/mol. The largest absolute Gasteiger partial charge is 0.326 e. The van der Waals surface area contributed by atoms with Crippen LogP contribution in [0.25, 0.3) is 0 Å². The molecule has 0 bridgehead atoms. The van der Waals surface area contributed by atoms with Crippen LogP contribution in [0.15, 0.2) is 60.7 Å². The SMILES string of the molecule is O=C(Nc1ccc(F)cc1)c1cc(NC(=O)[C@H]2[C@@H](c3ccc(Cl)c(Cl)c3)C2(Cl)Cl)ccc1Cl. The minimum Gasteiger partial charge on any atom is -0.326 e. The number of amides is 2. The number of anilines is 2. The number of carbonyl (C=O) groups is 2. The van der Waals surface area contributed by atoms with E-state index in [1.807, 2.05) is 0 Å². The lowest BCUT2D eigenvalue weighted by molar-refractivity contribution is -0.117. The molecule has 4 rings (SSSR count). The fourth-order valence-corrected chi connectivity index (χ4v) is 4.84. The summed E-state index contributed by atoms with van der Waals surface area (Å²) in [5.74, 6) is -2.60. The number of rotatable bonds is 5. The maximum Gasteiger partial charge on any atom is 0.257 e. The predicted octanol–water partition coefficient (Wildman–Crippen LogP) is 7.56. The van der Waals surface area contributed by atoms with Crippen LogP contribution in [0, 0.1) is 11.7 Å².